The number of hydrogen-bond donors (Lipinski definition) is 2. The van der Waals surface area contributed by atoms with E-state index in [0.717, 1.165) is 13.1 Å². The summed E-state index contributed by atoms with van der Waals surface area (Å²) in [6, 6.07) is 0.199. The zero-order valence-electron chi connectivity index (χ0n) is 11.8. The highest BCUT2D eigenvalue weighted by molar-refractivity contribution is 7.89. The van der Waals surface area contributed by atoms with Crippen LogP contribution >= 0.6 is 0 Å². The van der Waals surface area contributed by atoms with Gasteiger partial charge in [0.05, 0.1) is 12.4 Å². The summed E-state index contributed by atoms with van der Waals surface area (Å²) in [6.45, 7) is 4.52. The van der Waals surface area contributed by atoms with E-state index in [9.17, 15) is 8.42 Å². The van der Waals surface area contributed by atoms with Gasteiger partial charge in [-0.2, -0.15) is 0 Å². The Morgan fingerprint density at radius 1 is 1.30 bits per heavy atom. The average molecular weight is 299 g/mol. The van der Waals surface area contributed by atoms with Crippen molar-refractivity contribution in [1.29, 1.82) is 0 Å². The molecule has 112 valence electrons. The standard InChI is InChI=1S/C12H21N5O2S/c1-10(17-5-3-4-6-17)7-16-20(18,19)11-8-14-12(13-2)15-9-11/h8-10,16H,3-7H2,1-2H3,(H,13,14,15). The Bertz CT molecular complexity index is 525. The van der Waals surface area contributed by atoms with E-state index < -0.39 is 10.0 Å². The lowest BCUT2D eigenvalue weighted by Gasteiger charge is -2.23. The minimum atomic E-state index is -3.54. The SMILES string of the molecule is CNc1ncc(S(=O)(=O)NCC(C)N2CCCC2)cn1. The average Bonchev–Trinajstić information content (AvgIpc) is 2.99. The van der Waals surface area contributed by atoms with Gasteiger partial charge in [0.2, 0.25) is 16.0 Å². The topological polar surface area (TPSA) is 87.2 Å². The Morgan fingerprint density at radius 3 is 2.45 bits per heavy atom. The number of hydrogen-bond acceptors (Lipinski definition) is 6. The van der Waals surface area contributed by atoms with Crippen molar-refractivity contribution < 1.29 is 8.42 Å². The molecular weight excluding hydrogens is 278 g/mol. The van der Waals surface area contributed by atoms with E-state index in [4.69, 9.17) is 0 Å². The molecule has 2 heterocycles. The van der Waals surface area contributed by atoms with Gasteiger partial charge in [-0.25, -0.2) is 23.1 Å². The molecule has 8 heteroatoms. The van der Waals surface area contributed by atoms with Crippen molar-refractivity contribution in [3.8, 4) is 0 Å². The van der Waals surface area contributed by atoms with Gasteiger partial charge in [0.15, 0.2) is 0 Å². The van der Waals surface area contributed by atoms with Gasteiger partial charge < -0.3 is 5.32 Å². The van der Waals surface area contributed by atoms with Gasteiger partial charge in [0, 0.05) is 19.6 Å². The van der Waals surface area contributed by atoms with Crippen LogP contribution in [0.3, 0.4) is 0 Å². The highest BCUT2D eigenvalue weighted by atomic mass is 32.2. The molecule has 0 spiro atoms. The number of nitrogens with one attached hydrogen (secondary N) is 2. The Morgan fingerprint density at radius 2 is 1.90 bits per heavy atom. The minimum absolute atomic E-state index is 0.0881. The Hall–Kier alpha value is -1.25. The number of aromatic nitrogens is 2. The molecule has 1 atom stereocenters. The molecule has 1 saturated heterocycles. The Labute approximate surface area is 119 Å². The second kappa shape index (κ2) is 6.47. The van der Waals surface area contributed by atoms with Crippen molar-refractivity contribution in [3.05, 3.63) is 12.4 Å². The second-order valence-corrected chi connectivity index (χ2v) is 6.70. The lowest BCUT2D eigenvalue weighted by atomic mass is 10.3. The summed E-state index contributed by atoms with van der Waals surface area (Å²) in [7, 11) is -1.86. The Balaban J connectivity index is 1.95. The maximum Gasteiger partial charge on any atom is 0.243 e. The van der Waals surface area contributed by atoms with E-state index in [1.807, 2.05) is 6.92 Å². The lowest BCUT2D eigenvalue weighted by molar-refractivity contribution is 0.260. The minimum Gasteiger partial charge on any atom is -0.357 e. The van der Waals surface area contributed by atoms with E-state index in [1.54, 1.807) is 7.05 Å². The molecule has 1 unspecified atom stereocenters. The first-order valence-electron chi connectivity index (χ1n) is 6.76. The fourth-order valence-corrected chi connectivity index (χ4v) is 3.22. The van der Waals surface area contributed by atoms with E-state index in [2.05, 4.69) is 24.9 Å². The van der Waals surface area contributed by atoms with Crippen LogP contribution in [0.25, 0.3) is 0 Å². The molecule has 1 fully saturated rings. The predicted octanol–water partition coefficient (Wildman–Crippen LogP) is 0.281. The summed E-state index contributed by atoms with van der Waals surface area (Å²) in [5.41, 5.74) is 0. The first-order chi connectivity index (χ1) is 9.53. The molecule has 2 rings (SSSR count). The quantitative estimate of drug-likeness (QED) is 0.784. The summed E-state index contributed by atoms with van der Waals surface area (Å²) in [6.07, 6.45) is 5.00. The highest BCUT2D eigenvalue weighted by Gasteiger charge is 2.21. The van der Waals surface area contributed by atoms with Crippen LogP contribution in [-0.4, -0.2) is 56.0 Å². The van der Waals surface area contributed by atoms with Crippen LogP contribution in [0, 0.1) is 0 Å². The first kappa shape index (κ1) is 15.1. The molecule has 0 bridgehead atoms. The number of nitrogens with zero attached hydrogens (tertiary/aromatic N) is 3. The van der Waals surface area contributed by atoms with Crippen LogP contribution in [0.2, 0.25) is 0 Å². The third-order valence-electron chi connectivity index (χ3n) is 3.49. The van der Waals surface area contributed by atoms with Crippen molar-refractivity contribution in [2.45, 2.75) is 30.7 Å². The molecule has 0 radical (unpaired) electrons. The number of sulfonamides is 1. The van der Waals surface area contributed by atoms with Crippen molar-refractivity contribution in [3.63, 3.8) is 0 Å². The molecule has 0 aromatic carbocycles. The van der Waals surface area contributed by atoms with Crippen LogP contribution < -0.4 is 10.0 Å². The molecule has 1 aromatic rings. The molecule has 7 nitrogen and oxygen atoms in total. The fourth-order valence-electron chi connectivity index (χ4n) is 2.21. The zero-order chi connectivity index (χ0) is 14.6. The van der Waals surface area contributed by atoms with Crippen molar-refractivity contribution in [2.75, 3.05) is 32.0 Å². The first-order valence-corrected chi connectivity index (χ1v) is 8.25. The normalized spacial score (nSPS) is 18.1. The zero-order valence-corrected chi connectivity index (χ0v) is 12.7. The number of likely N-dealkylation sites (tertiary alicyclic amines) is 1. The summed E-state index contributed by atoms with van der Waals surface area (Å²) in [5, 5.41) is 2.75. The molecule has 0 aliphatic carbocycles. The number of rotatable bonds is 6. The van der Waals surface area contributed by atoms with E-state index in [1.165, 1.54) is 25.2 Å². The number of anilines is 1. The molecule has 1 aromatic heterocycles. The molecule has 2 N–H and O–H groups in total. The fraction of sp³-hybridized carbons (Fsp3) is 0.667. The van der Waals surface area contributed by atoms with Gasteiger partial charge in [0.1, 0.15) is 4.90 Å². The predicted molar refractivity (Wildman–Crippen MR) is 77.0 cm³/mol. The van der Waals surface area contributed by atoms with Gasteiger partial charge in [-0.3, -0.25) is 4.90 Å². The summed E-state index contributed by atoms with van der Waals surface area (Å²) in [5.74, 6) is 0.398. The van der Waals surface area contributed by atoms with Crippen molar-refractivity contribution in [2.24, 2.45) is 0 Å². The van der Waals surface area contributed by atoms with Crippen LogP contribution in [0.4, 0.5) is 5.95 Å². The van der Waals surface area contributed by atoms with Gasteiger partial charge in [0.25, 0.3) is 0 Å². The molecular formula is C12H21N5O2S. The maximum absolute atomic E-state index is 12.1. The van der Waals surface area contributed by atoms with Crippen LogP contribution in [-0.2, 0) is 10.0 Å². The highest BCUT2D eigenvalue weighted by Crippen LogP contribution is 2.12. The molecule has 20 heavy (non-hydrogen) atoms. The molecule has 1 aliphatic rings. The third-order valence-corrected chi connectivity index (χ3v) is 4.87. The Kier molecular flexibility index (Phi) is 4.90. The lowest BCUT2D eigenvalue weighted by Crippen LogP contribution is -2.40. The summed E-state index contributed by atoms with van der Waals surface area (Å²) >= 11 is 0. The van der Waals surface area contributed by atoms with Gasteiger partial charge in [-0.15, -0.1) is 0 Å². The molecule has 0 saturated carbocycles. The van der Waals surface area contributed by atoms with Gasteiger partial charge >= 0.3 is 0 Å². The van der Waals surface area contributed by atoms with Gasteiger partial charge in [-0.05, 0) is 32.9 Å². The van der Waals surface area contributed by atoms with E-state index >= 15 is 0 Å². The molecule has 0 amide bonds. The molecule has 1 aliphatic heterocycles. The summed E-state index contributed by atoms with van der Waals surface area (Å²) in [4.78, 5) is 10.2. The van der Waals surface area contributed by atoms with E-state index in [0.29, 0.717) is 12.5 Å². The second-order valence-electron chi connectivity index (χ2n) is 4.94. The van der Waals surface area contributed by atoms with Crippen LogP contribution in [0.5, 0.6) is 0 Å². The monoisotopic (exact) mass is 299 g/mol. The van der Waals surface area contributed by atoms with Crippen molar-refractivity contribution >= 4 is 16.0 Å². The third kappa shape index (κ3) is 3.65. The smallest absolute Gasteiger partial charge is 0.243 e. The largest absolute Gasteiger partial charge is 0.357 e. The maximum atomic E-state index is 12.1. The van der Waals surface area contributed by atoms with Crippen molar-refractivity contribution in [1.82, 2.24) is 19.6 Å². The summed E-state index contributed by atoms with van der Waals surface area (Å²) < 4.78 is 26.9. The van der Waals surface area contributed by atoms with Gasteiger partial charge in [-0.1, -0.05) is 0 Å². The van der Waals surface area contributed by atoms with Crippen LogP contribution in [0.15, 0.2) is 17.3 Å². The van der Waals surface area contributed by atoms with E-state index in [-0.39, 0.29) is 10.9 Å². The van der Waals surface area contributed by atoms with Crippen LogP contribution in [0.1, 0.15) is 19.8 Å².